The molecule has 4 rings (SSSR count). The number of amides is 1. The molecule has 0 radical (unpaired) electrons. The van der Waals surface area contributed by atoms with Gasteiger partial charge in [-0.1, -0.05) is 67.9 Å². The number of hydrogen-bond acceptors (Lipinski definition) is 3. The third-order valence-corrected chi connectivity index (χ3v) is 7.18. The number of nitrogens with two attached hydrogens (primary N) is 1. The maximum atomic E-state index is 14.8. The number of halogens is 3. The summed E-state index contributed by atoms with van der Waals surface area (Å²) in [6, 6.07) is 20.8. The van der Waals surface area contributed by atoms with Crippen LogP contribution >= 0.6 is 0 Å². The van der Waals surface area contributed by atoms with Crippen molar-refractivity contribution in [2.45, 2.75) is 38.4 Å². The molecule has 0 aliphatic carbocycles. The van der Waals surface area contributed by atoms with Crippen molar-refractivity contribution in [3.63, 3.8) is 0 Å². The van der Waals surface area contributed by atoms with Crippen LogP contribution in [0, 0.1) is 0 Å². The van der Waals surface area contributed by atoms with Gasteiger partial charge >= 0.3 is 6.18 Å². The Morgan fingerprint density at radius 2 is 1.70 bits per heavy atom. The molecule has 40 heavy (non-hydrogen) atoms. The summed E-state index contributed by atoms with van der Waals surface area (Å²) in [5, 5.41) is 1.82. The van der Waals surface area contributed by atoms with Crippen LogP contribution in [0.3, 0.4) is 0 Å². The standard InChI is InChI=1S/C32H34F3N3O2/c1-4-5-14-25-20-23-13-9-10-15-26(23)31(37-25)40-19-18-38(2,3)29(32(33,34)35)27-17-16-24(30(36)39)21-28(27)22-11-7-6-8-12-22/h6-13,15-17,20-21,29H,4-5,14,18-19H2,1-3H3,(H-,36,39)/p+1/t29-/m1/s1. The van der Waals surface area contributed by atoms with Gasteiger partial charge in [0.1, 0.15) is 13.2 Å². The van der Waals surface area contributed by atoms with Crippen LogP contribution in [0.4, 0.5) is 13.2 Å². The van der Waals surface area contributed by atoms with Gasteiger partial charge in [-0.25, -0.2) is 4.98 Å². The number of benzene rings is 3. The number of ether oxygens (including phenoxy) is 1. The first-order valence-electron chi connectivity index (χ1n) is 13.4. The van der Waals surface area contributed by atoms with E-state index in [0.717, 1.165) is 35.7 Å². The van der Waals surface area contributed by atoms with E-state index in [1.165, 1.54) is 18.2 Å². The molecule has 3 aromatic carbocycles. The summed E-state index contributed by atoms with van der Waals surface area (Å²) in [6.45, 7) is 2.21. The number of likely N-dealkylation sites (N-methyl/N-ethyl adjacent to an activating group) is 1. The number of hydrogen-bond donors (Lipinski definition) is 1. The summed E-state index contributed by atoms with van der Waals surface area (Å²) >= 11 is 0. The minimum atomic E-state index is -4.58. The number of rotatable bonds is 11. The monoisotopic (exact) mass is 550 g/mol. The molecule has 8 heteroatoms. The second kappa shape index (κ2) is 12.1. The van der Waals surface area contributed by atoms with E-state index in [9.17, 15) is 18.0 Å². The van der Waals surface area contributed by atoms with Crippen LogP contribution in [-0.4, -0.2) is 48.8 Å². The summed E-state index contributed by atoms with van der Waals surface area (Å²) in [7, 11) is 3.09. The summed E-state index contributed by atoms with van der Waals surface area (Å²) in [5.41, 5.74) is 7.49. The second-order valence-electron chi connectivity index (χ2n) is 10.6. The minimum absolute atomic E-state index is 0.0356. The number of aryl methyl sites for hydroxylation is 1. The highest BCUT2D eigenvalue weighted by atomic mass is 19.4. The predicted molar refractivity (Wildman–Crippen MR) is 152 cm³/mol. The molecule has 0 spiro atoms. The third kappa shape index (κ3) is 6.62. The van der Waals surface area contributed by atoms with Gasteiger partial charge in [-0.05, 0) is 53.6 Å². The number of quaternary nitrogens is 1. The van der Waals surface area contributed by atoms with Gasteiger partial charge in [-0.2, -0.15) is 13.2 Å². The summed E-state index contributed by atoms with van der Waals surface area (Å²) in [4.78, 5) is 16.6. The van der Waals surface area contributed by atoms with Gasteiger partial charge in [0.05, 0.1) is 14.1 Å². The first kappa shape index (κ1) is 29.1. The molecule has 1 amide bonds. The lowest BCUT2D eigenvalue weighted by molar-refractivity contribution is -0.933. The maximum Gasteiger partial charge on any atom is 0.446 e. The zero-order chi connectivity index (χ0) is 28.9. The fourth-order valence-corrected chi connectivity index (χ4v) is 5.09. The molecule has 0 aliphatic heterocycles. The average Bonchev–Trinajstić information content (AvgIpc) is 2.91. The number of unbranched alkanes of at least 4 members (excludes halogenated alkanes) is 1. The lowest BCUT2D eigenvalue weighted by atomic mass is 9.91. The smallest absolute Gasteiger partial charge is 0.446 e. The van der Waals surface area contributed by atoms with Crippen molar-refractivity contribution < 1.29 is 27.2 Å². The van der Waals surface area contributed by atoms with E-state index in [1.54, 1.807) is 44.4 Å². The molecular weight excluding hydrogens is 515 g/mol. The fourth-order valence-electron chi connectivity index (χ4n) is 5.09. The Balaban J connectivity index is 1.66. The molecule has 1 heterocycles. The molecule has 0 fully saturated rings. The Labute approximate surface area is 233 Å². The van der Waals surface area contributed by atoms with Crippen LogP contribution in [0.1, 0.15) is 47.4 Å². The van der Waals surface area contributed by atoms with Gasteiger partial charge in [0.25, 0.3) is 0 Å². The number of carbonyl (C=O) groups excluding carboxylic acids is 1. The van der Waals surface area contributed by atoms with E-state index < -0.39 is 22.6 Å². The first-order valence-corrected chi connectivity index (χ1v) is 13.4. The third-order valence-electron chi connectivity index (χ3n) is 7.18. The molecule has 1 aromatic heterocycles. The van der Waals surface area contributed by atoms with Crippen molar-refractivity contribution in [1.29, 1.82) is 0 Å². The summed E-state index contributed by atoms with van der Waals surface area (Å²) in [6.07, 6.45) is -1.76. The largest absolute Gasteiger partial charge is 0.471 e. The van der Waals surface area contributed by atoms with Crippen molar-refractivity contribution >= 4 is 16.7 Å². The van der Waals surface area contributed by atoms with Crippen LogP contribution in [-0.2, 0) is 6.42 Å². The number of nitrogens with zero attached hydrogens (tertiary/aromatic N) is 2. The van der Waals surface area contributed by atoms with Crippen molar-refractivity contribution in [2.75, 3.05) is 27.2 Å². The van der Waals surface area contributed by atoms with Gasteiger partial charge in [0.2, 0.25) is 17.8 Å². The average molecular weight is 551 g/mol. The van der Waals surface area contributed by atoms with Crippen molar-refractivity contribution in [3.05, 3.63) is 95.7 Å². The molecule has 0 aliphatic rings. The highest BCUT2D eigenvalue weighted by molar-refractivity contribution is 5.94. The molecule has 0 saturated carbocycles. The quantitative estimate of drug-likeness (QED) is 0.203. The van der Waals surface area contributed by atoms with Gasteiger partial charge in [-0.3, -0.25) is 4.79 Å². The normalized spacial score (nSPS) is 12.8. The van der Waals surface area contributed by atoms with E-state index in [4.69, 9.17) is 15.5 Å². The minimum Gasteiger partial charge on any atom is -0.471 e. The molecule has 210 valence electrons. The lowest BCUT2D eigenvalue weighted by Gasteiger charge is -2.39. The molecule has 1 atom stereocenters. The Kier molecular flexibility index (Phi) is 8.79. The molecule has 0 saturated heterocycles. The lowest BCUT2D eigenvalue weighted by Crippen LogP contribution is -2.51. The highest BCUT2D eigenvalue weighted by Crippen LogP contribution is 2.44. The van der Waals surface area contributed by atoms with Gasteiger partial charge in [-0.15, -0.1) is 0 Å². The Morgan fingerprint density at radius 1 is 1.00 bits per heavy atom. The maximum absolute atomic E-state index is 14.8. The van der Waals surface area contributed by atoms with E-state index in [1.807, 2.05) is 30.3 Å². The molecule has 4 aromatic rings. The summed E-state index contributed by atoms with van der Waals surface area (Å²) in [5.74, 6) is -0.265. The van der Waals surface area contributed by atoms with Gasteiger partial charge in [0.15, 0.2) is 0 Å². The van der Waals surface area contributed by atoms with Crippen LogP contribution in [0.25, 0.3) is 21.9 Å². The molecule has 2 N–H and O–H groups in total. The molecule has 0 unspecified atom stereocenters. The van der Waals surface area contributed by atoms with E-state index in [2.05, 4.69) is 6.92 Å². The topological polar surface area (TPSA) is 65.2 Å². The Hall–Kier alpha value is -3.91. The second-order valence-corrected chi connectivity index (χ2v) is 10.6. The zero-order valence-corrected chi connectivity index (χ0v) is 23.0. The highest BCUT2D eigenvalue weighted by Gasteiger charge is 2.52. The van der Waals surface area contributed by atoms with E-state index in [0.29, 0.717) is 17.0 Å². The number of alkyl halides is 3. The van der Waals surface area contributed by atoms with Crippen LogP contribution in [0.5, 0.6) is 5.88 Å². The molecule has 0 bridgehead atoms. The predicted octanol–water partition coefficient (Wildman–Crippen LogP) is 7.10. The van der Waals surface area contributed by atoms with E-state index >= 15 is 0 Å². The van der Waals surface area contributed by atoms with Crippen molar-refractivity contribution in [2.24, 2.45) is 5.73 Å². The summed E-state index contributed by atoms with van der Waals surface area (Å²) < 4.78 is 50.1. The van der Waals surface area contributed by atoms with E-state index in [-0.39, 0.29) is 24.3 Å². The molecular formula is C32H35F3N3O2+. The number of carbonyl (C=O) groups is 1. The number of aromatic nitrogens is 1. The number of fused-ring (bicyclic) bond motifs is 1. The zero-order valence-electron chi connectivity index (χ0n) is 23.0. The number of primary amides is 1. The fraction of sp³-hybridized carbons (Fsp3) is 0.312. The van der Waals surface area contributed by atoms with Gasteiger partial charge < -0.3 is 15.0 Å². The van der Waals surface area contributed by atoms with Crippen molar-refractivity contribution in [3.8, 4) is 17.0 Å². The van der Waals surface area contributed by atoms with Gasteiger partial charge in [0, 0.05) is 22.2 Å². The van der Waals surface area contributed by atoms with Crippen LogP contribution < -0.4 is 10.5 Å². The number of pyridine rings is 1. The van der Waals surface area contributed by atoms with Crippen LogP contribution in [0.15, 0.2) is 78.9 Å². The Bertz CT molecular complexity index is 1470. The first-order chi connectivity index (χ1) is 19.0. The van der Waals surface area contributed by atoms with Crippen LogP contribution in [0.2, 0.25) is 0 Å². The van der Waals surface area contributed by atoms with Crippen molar-refractivity contribution in [1.82, 2.24) is 4.98 Å². The SMILES string of the molecule is CCCCc1cc2ccccc2c(OCC[N+](C)(C)[C@H](c2ccc(C(N)=O)cc2-c2ccccc2)C(F)(F)F)n1. The Morgan fingerprint density at radius 3 is 2.38 bits per heavy atom. The molecule has 5 nitrogen and oxygen atoms in total.